The molecule has 2 rings (SSSR count). The molecule has 0 aliphatic carbocycles. The molecule has 0 saturated carbocycles. The lowest BCUT2D eigenvalue weighted by Crippen LogP contribution is -2.53. The molecule has 26 heavy (non-hydrogen) atoms. The molecule has 1 fully saturated rings. The zero-order chi connectivity index (χ0) is 19.3. The van der Waals surface area contributed by atoms with Gasteiger partial charge in [-0.3, -0.25) is 4.79 Å². The molecule has 1 aliphatic heterocycles. The molecule has 1 aliphatic rings. The smallest absolute Gasteiger partial charge is 0.409 e. The van der Waals surface area contributed by atoms with E-state index in [4.69, 9.17) is 4.74 Å². The van der Waals surface area contributed by atoms with E-state index in [1.54, 1.807) is 41.0 Å². The molecule has 1 aromatic carbocycles. The number of ether oxygens (including phenoxy) is 1. The maximum absolute atomic E-state index is 13.1. The van der Waals surface area contributed by atoms with Gasteiger partial charge in [-0.1, -0.05) is 30.3 Å². The van der Waals surface area contributed by atoms with Crippen LogP contribution < -0.4 is 0 Å². The van der Waals surface area contributed by atoms with Gasteiger partial charge in [-0.25, -0.2) is 13.2 Å². The Morgan fingerprint density at radius 2 is 1.65 bits per heavy atom. The summed E-state index contributed by atoms with van der Waals surface area (Å²) < 4.78 is 30.1. The first kappa shape index (κ1) is 20.2. The predicted octanol–water partition coefficient (Wildman–Crippen LogP) is 0.920. The summed E-state index contributed by atoms with van der Waals surface area (Å²) >= 11 is 0. The van der Waals surface area contributed by atoms with E-state index < -0.39 is 22.2 Å². The highest BCUT2D eigenvalue weighted by molar-refractivity contribution is 7.88. The highest BCUT2D eigenvalue weighted by atomic mass is 32.2. The molecule has 9 heteroatoms. The van der Waals surface area contributed by atoms with Crippen molar-refractivity contribution in [3.63, 3.8) is 0 Å². The fourth-order valence-electron chi connectivity index (χ4n) is 2.83. The Kier molecular flexibility index (Phi) is 6.60. The van der Waals surface area contributed by atoms with Gasteiger partial charge in [0, 0.05) is 33.2 Å². The fraction of sp³-hybridized carbons (Fsp3) is 0.529. The molecule has 1 atom stereocenters. The number of piperazine rings is 1. The van der Waals surface area contributed by atoms with Gasteiger partial charge in [0.1, 0.15) is 6.04 Å². The quantitative estimate of drug-likeness (QED) is 0.755. The summed E-state index contributed by atoms with van der Waals surface area (Å²) in [6, 6.07) is 7.89. The summed E-state index contributed by atoms with van der Waals surface area (Å²) in [5.74, 6) is -0.298. The van der Waals surface area contributed by atoms with Crippen LogP contribution in [0.15, 0.2) is 30.3 Å². The van der Waals surface area contributed by atoms with E-state index in [-0.39, 0.29) is 5.91 Å². The van der Waals surface area contributed by atoms with Crippen LogP contribution in [0.1, 0.15) is 18.5 Å². The summed E-state index contributed by atoms with van der Waals surface area (Å²) in [5, 5.41) is 0. The van der Waals surface area contributed by atoms with Crippen molar-refractivity contribution in [2.45, 2.75) is 13.0 Å². The average Bonchev–Trinajstić information content (AvgIpc) is 2.62. The third-order valence-corrected chi connectivity index (χ3v) is 5.61. The van der Waals surface area contributed by atoms with Crippen molar-refractivity contribution in [1.29, 1.82) is 0 Å². The number of carbonyl (C=O) groups is 2. The Labute approximate surface area is 154 Å². The van der Waals surface area contributed by atoms with Crippen LogP contribution in [-0.2, 0) is 19.6 Å². The van der Waals surface area contributed by atoms with Crippen LogP contribution in [0.25, 0.3) is 0 Å². The van der Waals surface area contributed by atoms with Crippen molar-refractivity contribution in [3.8, 4) is 0 Å². The van der Waals surface area contributed by atoms with Crippen molar-refractivity contribution in [3.05, 3.63) is 35.9 Å². The minimum Gasteiger partial charge on any atom is -0.450 e. The lowest BCUT2D eigenvalue weighted by molar-refractivity contribution is -0.136. The van der Waals surface area contributed by atoms with E-state index in [1.807, 2.05) is 6.07 Å². The van der Waals surface area contributed by atoms with Gasteiger partial charge in [0.15, 0.2) is 0 Å². The van der Waals surface area contributed by atoms with Gasteiger partial charge in [-0.05, 0) is 12.5 Å². The molecule has 0 bridgehead atoms. The molecule has 144 valence electrons. The number of rotatable bonds is 5. The molecule has 0 spiro atoms. The van der Waals surface area contributed by atoms with Crippen LogP contribution in [0.5, 0.6) is 0 Å². The van der Waals surface area contributed by atoms with Gasteiger partial charge >= 0.3 is 6.09 Å². The van der Waals surface area contributed by atoms with E-state index >= 15 is 0 Å². The second-order valence-corrected chi connectivity index (χ2v) is 8.15. The molecule has 0 N–H and O–H groups in total. The molecule has 1 saturated heterocycles. The van der Waals surface area contributed by atoms with Crippen LogP contribution in [0, 0.1) is 0 Å². The Bertz CT molecular complexity index is 730. The average molecular weight is 383 g/mol. The lowest BCUT2D eigenvalue weighted by atomic mass is 10.1. The normalized spacial score (nSPS) is 16.5. The van der Waals surface area contributed by atoms with Crippen molar-refractivity contribution in [1.82, 2.24) is 14.1 Å². The minimum absolute atomic E-state index is 0.298. The monoisotopic (exact) mass is 383 g/mol. The molecular weight excluding hydrogens is 358 g/mol. The summed E-state index contributed by atoms with van der Waals surface area (Å²) in [5.41, 5.74) is 0.609. The van der Waals surface area contributed by atoms with Gasteiger partial charge < -0.3 is 14.5 Å². The number of sulfonamides is 1. The van der Waals surface area contributed by atoms with Gasteiger partial charge in [0.25, 0.3) is 0 Å². The van der Waals surface area contributed by atoms with Gasteiger partial charge in [0.05, 0.1) is 12.9 Å². The Balaban J connectivity index is 2.17. The van der Waals surface area contributed by atoms with Crippen molar-refractivity contribution in [2.75, 3.05) is 46.1 Å². The van der Waals surface area contributed by atoms with E-state index in [2.05, 4.69) is 0 Å². The third-order valence-electron chi connectivity index (χ3n) is 4.35. The largest absolute Gasteiger partial charge is 0.450 e. The highest BCUT2D eigenvalue weighted by Gasteiger charge is 2.35. The van der Waals surface area contributed by atoms with E-state index in [0.29, 0.717) is 38.3 Å². The predicted molar refractivity (Wildman–Crippen MR) is 97.0 cm³/mol. The lowest BCUT2D eigenvalue weighted by Gasteiger charge is -2.37. The number of hydrogen-bond donors (Lipinski definition) is 0. The summed E-state index contributed by atoms with van der Waals surface area (Å²) in [4.78, 5) is 28.0. The standard InChI is InChI=1S/C17H25N3O5S/c1-4-25-17(22)20-12-10-19(11-13-20)16(21)15(18(2)26(3,23)24)14-8-6-5-7-9-14/h5-9,15H,4,10-13H2,1-3H3/t15-/m1/s1. The second kappa shape index (κ2) is 8.50. The first-order valence-electron chi connectivity index (χ1n) is 8.44. The van der Waals surface area contributed by atoms with E-state index in [9.17, 15) is 18.0 Å². The molecular formula is C17H25N3O5S. The zero-order valence-electron chi connectivity index (χ0n) is 15.3. The number of hydrogen-bond acceptors (Lipinski definition) is 5. The van der Waals surface area contributed by atoms with Gasteiger partial charge in [-0.2, -0.15) is 4.31 Å². The van der Waals surface area contributed by atoms with Crippen molar-refractivity contribution < 1.29 is 22.7 Å². The SMILES string of the molecule is CCOC(=O)N1CCN(C(=O)[C@@H](c2ccccc2)N(C)S(C)(=O)=O)CC1. The Hall–Kier alpha value is -2.13. The molecule has 1 aromatic rings. The van der Waals surface area contributed by atoms with Crippen LogP contribution >= 0.6 is 0 Å². The maximum atomic E-state index is 13.1. The number of benzene rings is 1. The molecule has 0 aromatic heterocycles. The van der Waals surface area contributed by atoms with Crippen LogP contribution in [-0.4, -0.2) is 80.6 Å². The molecule has 2 amide bonds. The number of likely N-dealkylation sites (N-methyl/N-ethyl adjacent to an activating group) is 1. The first-order valence-corrected chi connectivity index (χ1v) is 10.3. The minimum atomic E-state index is -3.56. The van der Waals surface area contributed by atoms with E-state index in [0.717, 1.165) is 10.6 Å². The third kappa shape index (κ3) is 4.73. The number of amides is 2. The van der Waals surface area contributed by atoms with Crippen LogP contribution in [0.3, 0.4) is 0 Å². The van der Waals surface area contributed by atoms with Crippen LogP contribution in [0.2, 0.25) is 0 Å². The maximum Gasteiger partial charge on any atom is 0.409 e. The Morgan fingerprint density at radius 1 is 1.12 bits per heavy atom. The fourth-order valence-corrected chi connectivity index (χ4v) is 3.43. The first-order chi connectivity index (χ1) is 12.3. The van der Waals surface area contributed by atoms with Crippen molar-refractivity contribution >= 4 is 22.0 Å². The van der Waals surface area contributed by atoms with Gasteiger partial charge in [-0.15, -0.1) is 0 Å². The topological polar surface area (TPSA) is 87.2 Å². The molecule has 1 heterocycles. The van der Waals surface area contributed by atoms with Gasteiger partial charge in [0.2, 0.25) is 15.9 Å². The highest BCUT2D eigenvalue weighted by Crippen LogP contribution is 2.25. The molecule has 8 nitrogen and oxygen atoms in total. The zero-order valence-corrected chi connectivity index (χ0v) is 16.1. The summed E-state index contributed by atoms with van der Waals surface area (Å²) in [6.07, 6.45) is 0.682. The van der Waals surface area contributed by atoms with Crippen LogP contribution in [0.4, 0.5) is 4.79 Å². The summed E-state index contributed by atoms with van der Waals surface area (Å²) in [6.45, 7) is 3.41. The molecule has 0 radical (unpaired) electrons. The summed E-state index contributed by atoms with van der Waals surface area (Å²) in [7, 11) is -2.16. The number of carbonyl (C=O) groups excluding carboxylic acids is 2. The Morgan fingerprint density at radius 3 is 2.15 bits per heavy atom. The second-order valence-electron chi connectivity index (χ2n) is 6.10. The molecule has 0 unspecified atom stereocenters. The van der Waals surface area contributed by atoms with Crippen molar-refractivity contribution in [2.24, 2.45) is 0 Å². The van der Waals surface area contributed by atoms with E-state index in [1.165, 1.54) is 7.05 Å². The number of nitrogens with zero attached hydrogens (tertiary/aromatic N) is 3.